The van der Waals surface area contributed by atoms with Gasteiger partial charge in [-0.1, -0.05) is 29.8 Å². The molecule has 0 aliphatic carbocycles. The monoisotopic (exact) mass is 216 g/mol. The lowest BCUT2D eigenvalue weighted by Crippen LogP contribution is -2.28. The van der Waals surface area contributed by atoms with Crippen molar-refractivity contribution in [2.24, 2.45) is 4.99 Å². The molecule has 0 aromatic heterocycles. The number of aliphatic imine (C=N–C) groups is 1. The highest BCUT2D eigenvalue weighted by Gasteiger charge is 2.09. The fourth-order valence-corrected chi connectivity index (χ4v) is 1.71. The van der Waals surface area contributed by atoms with Gasteiger partial charge < -0.3 is 5.32 Å². The normalized spacial score (nSPS) is 14.7. The summed E-state index contributed by atoms with van der Waals surface area (Å²) >= 11 is 0. The van der Waals surface area contributed by atoms with Crippen LogP contribution in [0.3, 0.4) is 0 Å². The van der Waals surface area contributed by atoms with Crippen molar-refractivity contribution in [2.45, 2.75) is 19.8 Å². The first kappa shape index (κ1) is 10.9. The van der Waals surface area contributed by atoms with Gasteiger partial charge in [0.2, 0.25) is 0 Å². The molecule has 0 radical (unpaired) electrons. The Morgan fingerprint density at radius 3 is 2.75 bits per heavy atom. The molecule has 0 unspecified atom stereocenters. The van der Waals surface area contributed by atoms with Gasteiger partial charge in [0.25, 0.3) is 0 Å². The van der Waals surface area contributed by atoms with Crippen LogP contribution in [-0.2, 0) is 0 Å². The van der Waals surface area contributed by atoms with Crippen LogP contribution in [0.5, 0.6) is 0 Å². The van der Waals surface area contributed by atoms with Crippen LogP contribution in [0, 0.1) is 6.92 Å². The van der Waals surface area contributed by atoms with Crippen LogP contribution in [0.25, 0.3) is 0 Å². The van der Waals surface area contributed by atoms with Crippen molar-refractivity contribution in [3.63, 3.8) is 0 Å². The van der Waals surface area contributed by atoms with Crippen LogP contribution in [0.4, 0.5) is 0 Å². The molecule has 1 heterocycles. The predicted octanol–water partition coefficient (Wildman–Crippen LogP) is 1.96. The zero-order valence-electron chi connectivity index (χ0n) is 9.49. The van der Waals surface area contributed by atoms with Crippen LogP contribution >= 0.6 is 0 Å². The van der Waals surface area contributed by atoms with E-state index < -0.39 is 0 Å². The SMILES string of the molecule is Cc1ccc(C(=O)CNC2=NCCC2)cc1. The Kier molecular flexibility index (Phi) is 3.34. The van der Waals surface area contributed by atoms with Crippen molar-refractivity contribution < 1.29 is 4.79 Å². The molecular formula is C13H16N2O. The summed E-state index contributed by atoms with van der Waals surface area (Å²) in [6.07, 6.45) is 2.07. The summed E-state index contributed by atoms with van der Waals surface area (Å²) in [5.74, 6) is 1.09. The van der Waals surface area contributed by atoms with E-state index in [0.717, 1.165) is 30.8 Å². The summed E-state index contributed by atoms with van der Waals surface area (Å²) in [5, 5.41) is 3.09. The first-order valence-corrected chi connectivity index (χ1v) is 5.63. The number of rotatable bonds is 3. The van der Waals surface area contributed by atoms with Gasteiger partial charge in [-0.2, -0.15) is 0 Å². The second-order valence-electron chi connectivity index (χ2n) is 4.07. The van der Waals surface area contributed by atoms with E-state index in [1.807, 2.05) is 31.2 Å². The van der Waals surface area contributed by atoms with Crippen molar-refractivity contribution in [3.05, 3.63) is 35.4 Å². The second kappa shape index (κ2) is 4.92. The van der Waals surface area contributed by atoms with Gasteiger partial charge in [0.1, 0.15) is 0 Å². The van der Waals surface area contributed by atoms with E-state index in [-0.39, 0.29) is 5.78 Å². The summed E-state index contributed by atoms with van der Waals surface area (Å²) in [7, 11) is 0. The zero-order chi connectivity index (χ0) is 11.4. The molecule has 0 spiro atoms. The molecule has 0 amide bonds. The lowest BCUT2D eigenvalue weighted by Gasteiger charge is -2.05. The quantitative estimate of drug-likeness (QED) is 0.785. The molecule has 1 aromatic rings. The van der Waals surface area contributed by atoms with E-state index in [9.17, 15) is 4.79 Å². The smallest absolute Gasteiger partial charge is 0.181 e. The van der Waals surface area contributed by atoms with Crippen molar-refractivity contribution in [1.29, 1.82) is 0 Å². The molecule has 0 atom stereocenters. The Morgan fingerprint density at radius 1 is 1.38 bits per heavy atom. The minimum Gasteiger partial charge on any atom is -0.366 e. The number of carbonyl (C=O) groups is 1. The third-order valence-corrected chi connectivity index (χ3v) is 2.70. The second-order valence-corrected chi connectivity index (χ2v) is 4.07. The third-order valence-electron chi connectivity index (χ3n) is 2.70. The highest BCUT2D eigenvalue weighted by atomic mass is 16.1. The first-order chi connectivity index (χ1) is 7.75. The van der Waals surface area contributed by atoms with E-state index in [4.69, 9.17) is 0 Å². The Morgan fingerprint density at radius 2 is 2.12 bits per heavy atom. The lowest BCUT2D eigenvalue weighted by atomic mass is 10.1. The van der Waals surface area contributed by atoms with Gasteiger partial charge in [0, 0.05) is 18.5 Å². The maximum atomic E-state index is 11.8. The predicted molar refractivity (Wildman–Crippen MR) is 65.0 cm³/mol. The number of carbonyl (C=O) groups excluding carboxylic acids is 1. The highest BCUT2D eigenvalue weighted by Crippen LogP contribution is 2.04. The number of nitrogens with zero attached hydrogens (tertiary/aromatic N) is 1. The van der Waals surface area contributed by atoms with Gasteiger partial charge in [-0.05, 0) is 13.3 Å². The van der Waals surface area contributed by atoms with E-state index in [2.05, 4.69) is 10.3 Å². The van der Waals surface area contributed by atoms with Gasteiger partial charge >= 0.3 is 0 Å². The molecule has 1 aliphatic heterocycles. The van der Waals surface area contributed by atoms with Crippen molar-refractivity contribution in [2.75, 3.05) is 13.1 Å². The molecule has 0 saturated carbocycles. The van der Waals surface area contributed by atoms with Gasteiger partial charge in [-0.3, -0.25) is 9.79 Å². The Bertz CT molecular complexity index is 406. The molecule has 1 aromatic carbocycles. The number of ketones is 1. The molecule has 2 rings (SSSR count). The van der Waals surface area contributed by atoms with Crippen LogP contribution < -0.4 is 5.32 Å². The minimum atomic E-state index is 0.120. The molecule has 1 aliphatic rings. The molecule has 0 bridgehead atoms. The molecule has 84 valence electrons. The maximum Gasteiger partial charge on any atom is 0.181 e. The number of hydrogen-bond acceptors (Lipinski definition) is 3. The molecule has 1 N–H and O–H groups in total. The fraction of sp³-hybridized carbons (Fsp3) is 0.385. The van der Waals surface area contributed by atoms with Crippen molar-refractivity contribution in [3.8, 4) is 0 Å². The number of amidine groups is 1. The maximum absolute atomic E-state index is 11.8. The number of Topliss-reactive ketones (excluding diaryl/α,β-unsaturated/α-hetero) is 1. The minimum absolute atomic E-state index is 0.120. The Hall–Kier alpha value is -1.64. The summed E-state index contributed by atoms with van der Waals surface area (Å²) in [6, 6.07) is 7.66. The number of benzene rings is 1. The average Bonchev–Trinajstić information content (AvgIpc) is 2.80. The average molecular weight is 216 g/mol. The highest BCUT2D eigenvalue weighted by molar-refractivity contribution is 6.00. The van der Waals surface area contributed by atoms with Crippen molar-refractivity contribution in [1.82, 2.24) is 5.32 Å². The van der Waals surface area contributed by atoms with E-state index in [0.29, 0.717) is 6.54 Å². The largest absolute Gasteiger partial charge is 0.366 e. The van der Waals surface area contributed by atoms with Crippen LogP contribution in [0.2, 0.25) is 0 Å². The van der Waals surface area contributed by atoms with Crippen molar-refractivity contribution >= 4 is 11.6 Å². The fourth-order valence-electron chi connectivity index (χ4n) is 1.71. The summed E-state index contributed by atoms with van der Waals surface area (Å²) in [6.45, 7) is 3.25. The topological polar surface area (TPSA) is 41.5 Å². The zero-order valence-corrected chi connectivity index (χ0v) is 9.49. The van der Waals surface area contributed by atoms with Gasteiger partial charge in [0.05, 0.1) is 12.4 Å². The standard InChI is InChI=1S/C13H16N2O/c1-10-4-6-11(7-5-10)12(16)9-15-13-3-2-8-14-13/h4-7H,2-3,8-9H2,1H3,(H,14,15). The van der Waals surface area contributed by atoms with E-state index >= 15 is 0 Å². The number of nitrogens with one attached hydrogen (secondary N) is 1. The van der Waals surface area contributed by atoms with Crippen LogP contribution in [0.1, 0.15) is 28.8 Å². The van der Waals surface area contributed by atoms with Gasteiger partial charge in [-0.25, -0.2) is 0 Å². The molecular weight excluding hydrogens is 200 g/mol. The molecule has 3 heteroatoms. The molecule has 16 heavy (non-hydrogen) atoms. The van der Waals surface area contributed by atoms with Crippen LogP contribution in [0.15, 0.2) is 29.3 Å². The molecule has 0 fully saturated rings. The van der Waals surface area contributed by atoms with E-state index in [1.54, 1.807) is 0 Å². The summed E-state index contributed by atoms with van der Waals surface area (Å²) in [4.78, 5) is 16.1. The van der Waals surface area contributed by atoms with Gasteiger partial charge in [0.15, 0.2) is 5.78 Å². The molecule has 0 saturated heterocycles. The Labute approximate surface area is 95.6 Å². The lowest BCUT2D eigenvalue weighted by molar-refractivity contribution is 0.0996. The number of hydrogen-bond donors (Lipinski definition) is 1. The summed E-state index contributed by atoms with van der Waals surface area (Å²) < 4.78 is 0. The summed E-state index contributed by atoms with van der Waals surface area (Å²) in [5.41, 5.74) is 1.93. The number of aryl methyl sites for hydroxylation is 1. The Balaban J connectivity index is 1.90. The van der Waals surface area contributed by atoms with Gasteiger partial charge in [-0.15, -0.1) is 0 Å². The molecule has 3 nitrogen and oxygen atoms in total. The first-order valence-electron chi connectivity index (χ1n) is 5.63. The third kappa shape index (κ3) is 2.69. The van der Waals surface area contributed by atoms with Crippen LogP contribution in [-0.4, -0.2) is 24.7 Å². The van der Waals surface area contributed by atoms with E-state index in [1.165, 1.54) is 5.56 Å².